The van der Waals surface area contributed by atoms with E-state index >= 15 is 0 Å². The van der Waals surface area contributed by atoms with Gasteiger partial charge in [-0.05, 0) is 62.0 Å². The number of hydrogen-bond acceptors (Lipinski definition) is 7. The second-order valence-electron chi connectivity index (χ2n) is 8.32. The number of phenols is 1. The van der Waals surface area contributed by atoms with Crippen LogP contribution in [0.2, 0.25) is 0 Å². The maximum Gasteiger partial charge on any atom is 0.295 e. The first-order valence-corrected chi connectivity index (χ1v) is 11.6. The van der Waals surface area contributed by atoms with Gasteiger partial charge >= 0.3 is 0 Å². The molecular weight excluding hydrogens is 436 g/mol. The molecule has 2 aromatic rings. The second kappa shape index (κ2) is 10.2. The fourth-order valence-corrected chi connectivity index (χ4v) is 4.46. The molecule has 0 saturated carbocycles. The standard InChI is InChI=1S/C26H30N2O6/c1-3-27(4-2)12-5-13-28-23(17-6-9-19(29)10-7-17)22(25(31)26(28)32)24(30)18-8-11-20-21(16-18)34-15-14-33-20/h6-11,16,23,29-30H,3-5,12-15H2,1-2H3. The normalized spacial score (nSPS) is 19.1. The highest BCUT2D eigenvalue weighted by atomic mass is 16.6. The number of nitrogens with zero attached hydrogens (tertiary/aromatic N) is 2. The van der Waals surface area contributed by atoms with Crippen LogP contribution >= 0.6 is 0 Å². The van der Waals surface area contributed by atoms with Gasteiger partial charge in [-0.3, -0.25) is 9.59 Å². The molecule has 0 spiro atoms. The Labute approximate surface area is 199 Å². The molecule has 0 aliphatic carbocycles. The van der Waals surface area contributed by atoms with Gasteiger partial charge < -0.3 is 29.5 Å². The van der Waals surface area contributed by atoms with Crippen molar-refractivity contribution in [1.29, 1.82) is 0 Å². The lowest BCUT2D eigenvalue weighted by Crippen LogP contribution is -2.33. The number of ether oxygens (including phenoxy) is 2. The van der Waals surface area contributed by atoms with Crippen LogP contribution in [0.1, 0.15) is 37.4 Å². The van der Waals surface area contributed by atoms with E-state index in [0.717, 1.165) is 19.6 Å². The fraction of sp³-hybridized carbons (Fsp3) is 0.385. The Morgan fingerprint density at radius 1 is 1.03 bits per heavy atom. The third-order valence-electron chi connectivity index (χ3n) is 6.33. The van der Waals surface area contributed by atoms with E-state index in [-0.39, 0.29) is 17.1 Å². The molecule has 1 amide bonds. The molecule has 2 aliphatic rings. The summed E-state index contributed by atoms with van der Waals surface area (Å²) in [7, 11) is 0. The Morgan fingerprint density at radius 2 is 1.71 bits per heavy atom. The Balaban J connectivity index is 1.72. The Kier molecular flexibility index (Phi) is 7.07. The molecule has 0 aromatic heterocycles. The van der Waals surface area contributed by atoms with Crippen LogP contribution in [0, 0.1) is 0 Å². The van der Waals surface area contributed by atoms with Gasteiger partial charge in [0, 0.05) is 12.1 Å². The molecule has 1 fully saturated rings. The Bertz CT molecular complexity index is 1090. The van der Waals surface area contributed by atoms with Crippen LogP contribution in [0.25, 0.3) is 5.76 Å². The first-order valence-electron chi connectivity index (χ1n) is 11.6. The van der Waals surface area contributed by atoms with Gasteiger partial charge in [0.1, 0.15) is 24.7 Å². The van der Waals surface area contributed by atoms with Crippen LogP contribution in [-0.2, 0) is 9.59 Å². The molecule has 1 unspecified atom stereocenters. The van der Waals surface area contributed by atoms with Crippen LogP contribution in [0.15, 0.2) is 48.0 Å². The van der Waals surface area contributed by atoms with Crippen LogP contribution in [0.5, 0.6) is 17.2 Å². The van der Waals surface area contributed by atoms with Gasteiger partial charge in [0.25, 0.3) is 11.7 Å². The number of phenolic OH excluding ortho intramolecular Hbond substituents is 1. The second-order valence-corrected chi connectivity index (χ2v) is 8.32. The molecule has 2 N–H and O–H groups in total. The van der Waals surface area contributed by atoms with E-state index in [0.29, 0.717) is 48.8 Å². The maximum atomic E-state index is 13.2. The van der Waals surface area contributed by atoms with Crippen molar-refractivity contribution < 1.29 is 29.3 Å². The quantitative estimate of drug-likeness (QED) is 0.350. The minimum absolute atomic E-state index is 0.0233. The molecule has 8 nitrogen and oxygen atoms in total. The summed E-state index contributed by atoms with van der Waals surface area (Å²) in [5.74, 6) is -0.515. The van der Waals surface area contributed by atoms with E-state index < -0.39 is 17.7 Å². The van der Waals surface area contributed by atoms with Gasteiger partial charge in [-0.25, -0.2) is 0 Å². The summed E-state index contributed by atoms with van der Waals surface area (Å²) in [5, 5.41) is 21.0. The zero-order chi connectivity index (χ0) is 24.2. The van der Waals surface area contributed by atoms with Gasteiger partial charge in [-0.2, -0.15) is 0 Å². The first kappa shape index (κ1) is 23.6. The third kappa shape index (κ3) is 4.59. The Morgan fingerprint density at radius 3 is 2.38 bits per heavy atom. The third-order valence-corrected chi connectivity index (χ3v) is 6.33. The van der Waals surface area contributed by atoms with Gasteiger partial charge in [0.15, 0.2) is 11.5 Å². The van der Waals surface area contributed by atoms with Gasteiger partial charge in [0.2, 0.25) is 0 Å². The minimum Gasteiger partial charge on any atom is -0.508 e. The van der Waals surface area contributed by atoms with Crippen LogP contribution < -0.4 is 9.47 Å². The van der Waals surface area contributed by atoms with Crippen molar-refractivity contribution in [1.82, 2.24) is 9.80 Å². The number of amides is 1. The highest BCUT2D eigenvalue weighted by Gasteiger charge is 2.45. The van der Waals surface area contributed by atoms with Crippen molar-refractivity contribution in [3.05, 3.63) is 59.2 Å². The summed E-state index contributed by atoms with van der Waals surface area (Å²) < 4.78 is 11.2. The van der Waals surface area contributed by atoms with Crippen molar-refractivity contribution in [3.63, 3.8) is 0 Å². The molecule has 180 valence electrons. The first-order chi connectivity index (χ1) is 16.4. The number of aromatic hydroxyl groups is 1. The lowest BCUT2D eigenvalue weighted by molar-refractivity contribution is -0.140. The number of carbonyl (C=O) groups excluding carboxylic acids is 2. The molecule has 2 heterocycles. The average molecular weight is 467 g/mol. The average Bonchev–Trinajstić information content (AvgIpc) is 3.11. The van der Waals surface area contributed by atoms with E-state index in [1.807, 2.05) is 0 Å². The van der Waals surface area contributed by atoms with Crippen molar-refractivity contribution >= 4 is 17.4 Å². The van der Waals surface area contributed by atoms with E-state index in [4.69, 9.17) is 9.47 Å². The molecule has 1 saturated heterocycles. The highest BCUT2D eigenvalue weighted by molar-refractivity contribution is 6.46. The number of benzene rings is 2. The van der Waals surface area contributed by atoms with Gasteiger partial charge in [-0.1, -0.05) is 26.0 Å². The number of fused-ring (bicyclic) bond motifs is 1. The van der Waals surface area contributed by atoms with E-state index in [2.05, 4.69) is 18.7 Å². The SMILES string of the molecule is CCN(CC)CCCN1C(=O)C(=O)C(=C(O)c2ccc3c(c2)OCCO3)C1c1ccc(O)cc1. The predicted molar refractivity (Wildman–Crippen MR) is 127 cm³/mol. The number of carbonyl (C=O) groups is 2. The molecule has 34 heavy (non-hydrogen) atoms. The fourth-order valence-electron chi connectivity index (χ4n) is 4.46. The number of Topliss-reactive ketones (excluding diaryl/α,β-unsaturated/α-hetero) is 1. The lowest BCUT2D eigenvalue weighted by Gasteiger charge is -2.27. The van der Waals surface area contributed by atoms with E-state index in [1.165, 1.54) is 17.0 Å². The molecular formula is C26H30N2O6. The number of ketones is 1. The van der Waals surface area contributed by atoms with E-state index in [1.54, 1.807) is 30.3 Å². The highest BCUT2D eigenvalue weighted by Crippen LogP contribution is 2.41. The van der Waals surface area contributed by atoms with Crippen LogP contribution in [-0.4, -0.2) is 71.1 Å². The number of likely N-dealkylation sites (tertiary alicyclic amines) is 1. The summed E-state index contributed by atoms with van der Waals surface area (Å²) in [6.07, 6.45) is 0.688. The molecule has 2 aromatic carbocycles. The van der Waals surface area contributed by atoms with Crippen molar-refractivity contribution in [3.8, 4) is 17.2 Å². The summed E-state index contributed by atoms with van der Waals surface area (Å²) >= 11 is 0. The zero-order valence-corrected chi connectivity index (χ0v) is 19.5. The van der Waals surface area contributed by atoms with Crippen LogP contribution in [0.3, 0.4) is 0 Å². The number of rotatable bonds is 8. The molecule has 2 aliphatic heterocycles. The number of hydrogen-bond donors (Lipinski definition) is 2. The molecule has 0 radical (unpaired) electrons. The Hall–Kier alpha value is -3.52. The molecule has 1 atom stereocenters. The van der Waals surface area contributed by atoms with Gasteiger partial charge in [-0.15, -0.1) is 0 Å². The molecule has 0 bridgehead atoms. The maximum absolute atomic E-state index is 13.2. The minimum atomic E-state index is -0.759. The topological polar surface area (TPSA) is 99.5 Å². The molecule has 8 heteroatoms. The number of aliphatic hydroxyl groups is 1. The van der Waals surface area contributed by atoms with Crippen molar-refractivity contribution in [2.24, 2.45) is 0 Å². The summed E-state index contributed by atoms with van der Waals surface area (Å²) in [4.78, 5) is 30.0. The largest absolute Gasteiger partial charge is 0.508 e. The van der Waals surface area contributed by atoms with Crippen molar-refractivity contribution in [2.75, 3.05) is 39.4 Å². The molecule has 4 rings (SSSR count). The predicted octanol–water partition coefficient (Wildman–Crippen LogP) is 3.32. The number of aliphatic hydroxyl groups excluding tert-OH is 1. The van der Waals surface area contributed by atoms with E-state index in [9.17, 15) is 19.8 Å². The monoisotopic (exact) mass is 466 g/mol. The smallest absolute Gasteiger partial charge is 0.295 e. The summed E-state index contributed by atoms with van der Waals surface area (Å²) in [5.41, 5.74) is 1.03. The van der Waals surface area contributed by atoms with Crippen molar-refractivity contribution in [2.45, 2.75) is 26.3 Å². The summed E-state index contributed by atoms with van der Waals surface area (Å²) in [6.45, 7) is 7.96. The lowest BCUT2D eigenvalue weighted by atomic mass is 9.95. The summed E-state index contributed by atoms with van der Waals surface area (Å²) in [6, 6.07) is 10.5. The van der Waals surface area contributed by atoms with Crippen LogP contribution in [0.4, 0.5) is 0 Å². The van der Waals surface area contributed by atoms with Gasteiger partial charge in [0.05, 0.1) is 11.6 Å². The zero-order valence-electron chi connectivity index (χ0n) is 19.5.